The maximum atomic E-state index is 12.2. The van der Waals surface area contributed by atoms with Crippen LogP contribution in [0.25, 0.3) is 0 Å². The second kappa shape index (κ2) is 4.30. The molecule has 0 saturated heterocycles. The topological polar surface area (TPSA) is 79.0 Å². The average Bonchev–Trinajstić information content (AvgIpc) is 3.10. The summed E-state index contributed by atoms with van der Waals surface area (Å²) in [5.74, 6) is -0.387. The molecule has 106 valence electrons. The van der Waals surface area contributed by atoms with E-state index in [4.69, 9.17) is 0 Å². The number of nitrogens with one attached hydrogen (secondary N) is 2. The third-order valence-electron chi connectivity index (χ3n) is 3.87. The number of rotatable bonds is 2. The number of carbonyl (C=O) groups excluding carboxylic acids is 2. The van der Waals surface area contributed by atoms with Gasteiger partial charge in [0.05, 0.1) is 0 Å². The van der Waals surface area contributed by atoms with Gasteiger partial charge in [0, 0.05) is 23.7 Å². The highest BCUT2D eigenvalue weighted by atomic mass is 16.2. The summed E-state index contributed by atoms with van der Waals surface area (Å²) in [6.07, 6.45) is 3.01. The van der Waals surface area contributed by atoms with Crippen molar-refractivity contribution in [2.24, 2.45) is 5.41 Å². The molecule has 1 heterocycles. The fraction of sp³-hybridized carbons (Fsp3) is 0.533. The van der Waals surface area contributed by atoms with Crippen LogP contribution >= 0.6 is 0 Å². The van der Waals surface area contributed by atoms with Gasteiger partial charge in [0.15, 0.2) is 5.78 Å². The van der Waals surface area contributed by atoms with Crippen molar-refractivity contribution in [2.75, 3.05) is 0 Å². The number of amides is 1. The van der Waals surface area contributed by atoms with Crippen LogP contribution in [0, 0.1) is 5.41 Å². The first-order chi connectivity index (χ1) is 9.35. The number of fused-ring (bicyclic) bond motifs is 1. The highest BCUT2D eigenvalue weighted by Gasteiger charge is 2.33. The molecule has 1 aromatic heterocycles. The Bertz CT molecular complexity index is 654. The first kappa shape index (κ1) is 13.1. The Balaban J connectivity index is 1.99. The van der Waals surface area contributed by atoms with Crippen molar-refractivity contribution >= 4 is 11.7 Å². The van der Waals surface area contributed by atoms with Crippen molar-refractivity contribution in [1.82, 2.24) is 10.3 Å². The number of hydrogen-bond acceptors (Lipinski definition) is 3. The number of pyridine rings is 1. The van der Waals surface area contributed by atoms with Crippen LogP contribution in [0.1, 0.15) is 59.5 Å². The van der Waals surface area contributed by atoms with Gasteiger partial charge < -0.3 is 10.3 Å². The van der Waals surface area contributed by atoms with Crippen molar-refractivity contribution in [1.29, 1.82) is 0 Å². The van der Waals surface area contributed by atoms with Crippen LogP contribution in [0.5, 0.6) is 0 Å². The number of carbonyl (C=O) groups is 2. The first-order valence-corrected chi connectivity index (χ1v) is 6.96. The summed E-state index contributed by atoms with van der Waals surface area (Å²) in [6, 6.07) is 1.65. The Morgan fingerprint density at radius 2 is 2.00 bits per heavy atom. The fourth-order valence-electron chi connectivity index (χ4n) is 2.69. The summed E-state index contributed by atoms with van der Waals surface area (Å²) in [6.45, 7) is 4.00. The Labute approximate surface area is 116 Å². The molecular weight excluding hydrogens is 256 g/mol. The molecule has 1 aromatic rings. The van der Waals surface area contributed by atoms with Gasteiger partial charge in [0.1, 0.15) is 5.56 Å². The van der Waals surface area contributed by atoms with Crippen LogP contribution in [0.2, 0.25) is 0 Å². The van der Waals surface area contributed by atoms with Crippen LogP contribution in [-0.4, -0.2) is 22.7 Å². The zero-order chi connectivity index (χ0) is 14.5. The zero-order valence-corrected chi connectivity index (χ0v) is 11.7. The van der Waals surface area contributed by atoms with E-state index in [0.717, 1.165) is 12.8 Å². The maximum absolute atomic E-state index is 12.2. The molecule has 0 aromatic carbocycles. The van der Waals surface area contributed by atoms with Crippen molar-refractivity contribution in [3.63, 3.8) is 0 Å². The maximum Gasteiger partial charge on any atom is 0.261 e. The molecule has 1 saturated carbocycles. The van der Waals surface area contributed by atoms with Crippen LogP contribution in [-0.2, 0) is 6.42 Å². The molecule has 5 nitrogen and oxygen atoms in total. The van der Waals surface area contributed by atoms with E-state index in [1.54, 1.807) is 0 Å². The number of aromatic nitrogens is 1. The highest BCUT2D eigenvalue weighted by molar-refractivity contribution is 6.02. The van der Waals surface area contributed by atoms with Crippen molar-refractivity contribution in [2.45, 2.75) is 45.6 Å². The number of H-pyrrole nitrogens is 1. The van der Waals surface area contributed by atoms with Crippen LogP contribution < -0.4 is 10.9 Å². The number of ketones is 1. The Morgan fingerprint density at radius 1 is 1.30 bits per heavy atom. The van der Waals surface area contributed by atoms with E-state index < -0.39 is 5.56 Å². The second-order valence-electron chi connectivity index (χ2n) is 6.59. The van der Waals surface area contributed by atoms with Gasteiger partial charge in [-0.3, -0.25) is 14.4 Å². The molecule has 1 fully saturated rings. The minimum absolute atomic E-state index is 0.00651. The molecule has 0 radical (unpaired) electrons. The molecule has 2 N–H and O–H groups in total. The van der Waals surface area contributed by atoms with Gasteiger partial charge in [0.25, 0.3) is 11.5 Å². The molecular formula is C15H18N2O3. The van der Waals surface area contributed by atoms with Gasteiger partial charge in [-0.05, 0) is 30.7 Å². The molecule has 0 bridgehead atoms. The average molecular weight is 274 g/mol. The summed E-state index contributed by atoms with van der Waals surface area (Å²) < 4.78 is 0. The van der Waals surface area contributed by atoms with Crippen molar-refractivity contribution in [3.8, 4) is 0 Å². The molecule has 3 rings (SSSR count). The van der Waals surface area contributed by atoms with E-state index in [1.807, 2.05) is 13.8 Å². The Kier molecular flexibility index (Phi) is 2.81. The summed E-state index contributed by atoms with van der Waals surface area (Å²) >= 11 is 0. The lowest BCUT2D eigenvalue weighted by Crippen LogP contribution is -2.35. The smallest absolute Gasteiger partial charge is 0.261 e. The van der Waals surface area contributed by atoms with Gasteiger partial charge >= 0.3 is 0 Å². The van der Waals surface area contributed by atoms with E-state index in [2.05, 4.69) is 10.3 Å². The third-order valence-corrected chi connectivity index (χ3v) is 3.87. The minimum Gasteiger partial charge on any atom is -0.349 e. The van der Waals surface area contributed by atoms with E-state index in [0.29, 0.717) is 24.1 Å². The summed E-state index contributed by atoms with van der Waals surface area (Å²) in [5, 5.41) is 2.78. The molecule has 20 heavy (non-hydrogen) atoms. The molecule has 5 heteroatoms. The van der Waals surface area contributed by atoms with E-state index in [1.165, 1.54) is 6.07 Å². The van der Waals surface area contributed by atoms with Crippen LogP contribution in [0.3, 0.4) is 0 Å². The summed E-state index contributed by atoms with van der Waals surface area (Å²) in [4.78, 5) is 38.9. The largest absolute Gasteiger partial charge is 0.349 e. The summed E-state index contributed by atoms with van der Waals surface area (Å²) in [7, 11) is 0. The molecule has 2 aliphatic carbocycles. The van der Waals surface area contributed by atoms with Crippen molar-refractivity contribution in [3.05, 3.63) is 33.2 Å². The van der Waals surface area contributed by atoms with Crippen LogP contribution in [0.4, 0.5) is 0 Å². The Hall–Kier alpha value is -1.91. The zero-order valence-electron chi connectivity index (χ0n) is 11.7. The lowest BCUT2D eigenvalue weighted by atomic mass is 9.75. The van der Waals surface area contributed by atoms with Gasteiger partial charge in [-0.25, -0.2) is 0 Å². The molecule has 0 spiro atoms. The molecule has 1 amide bonds. The Morgan fingerprint density at radius 3 is 2.65 bits per heavy atom. The van der Waals surface area contributed by atoms with Gasteiger partial charge in [-0.15, -0.1) is 0 Å². The highest BCUT2D eigenvalue weighted by Crippen LogP contribution is 2.33. The molecule has 2 aliphatic rings. The first-order valence-electron chi connectivity index (χ1n) is 6.96. The molecule has 0 atom stereocenters. The predicted molar refractivity (Wildman–Crippen MR) is 74.0 cm³/mol. The lowest BCUT2D eigenvalue weighted by Gasteiger charge is -2.29. The quantitative estimate of drug-likeness (QED) is 0.856. The van der Waals surface area contributed by atoms with E-state index in [-0.39, 0.29) is 28.7 Å². The van der Waals surface area contributed by atoms with Gasteiger partial charge in [0.2, 0.25) is 0 Å². The van der Waals surface area contributed by atoms with Gasteiger partial charge in [-0.2, -0.15) is 0 Å². The van der Waals surface area contributed by atoms with Crippen molar-refractivity contribution < 1.29 is 9.59 Å². The van der Waals surface area contributed by atoms with E-state index >= 15 is 0 Å². The predicted octanol–water partition coefficient (Wildman–Crippen LogP) is 1.42. The van der Waals surface area contributed by atoms with Gasteiger partial charge in [-0.1, -0.05) is 13.8 Å². The standard InChI is InChI=1S/C15H18N2O3/c1-15(2)6-11-9(12(18)7-15)5-10(14(20)17-11)13(19)16-8-3-4-8/h5,8H,3-4,6-7H2,1-2H3,(H,16,19)(H,17,20). The van der Waals surface area contributed by atoms with E-state index in [9.17, 15) is 14.4 Å². The molecule has 0 aliphatic heterocycles. The minimum atomic E-state index is -0.410. The summed E-state index contributed by atoms with van der Waals surface area (Å²) in [5.41, 5.74) is 0.630. The normalized spacial score (nSPS) is 20.4. The lowest BCUT2D eigenvalue weighted by molar-refractivity contribution is 0.0910. The number of aromatic amines is 1. The molecule has 0 unspecified atom stereocenters. The monoisotopic (exact) mass is 274 g/mol. The van der Waals surface area contributed by atoms with Crippen LogP contribution in [0.15, 0.2) is 10.9 Å². The number of Topliss-reactive ketones (excluding diaryl/α,β-unsaturated/α-hetero) is 1. The SMILES string of the molecule is CC1(C)CC(=O)c2cc(C(=O)NC3CC3)c(=O)[nH]c2C1. The third kappa shape index (κ3) is 2.40. The number of hydrogen-bond donors (Lipinski definition) is 2. The fourth-order valence-corrected chi connectivity index (χ4v) is 2.69. The second-order valence-corrected chi connectivity index (χ2v) is 6.59.